The van der Waals surface area contributed by atoms with Gasteiger partial charge in [0.1, 0.15) is 0 Å². The van der Waals surface area contributed by atoms with Crippen LogP contribution in [-0.2, 0) is 0 Å². The summed E-state index contributed by atoms with van der Waals surface area (Å²) in [6.45, 7) is 2.15. The summed E-state index contributed by atoms with van der Waals surface area (Å²) in [7, 11) is 2.01. The minimum atomic E-state index is 0.299. The number of aryl methyl sites for hydroxylation is 1. The van der Waals surface area contributed by atoms with Crippen LogP contribution in [-0.4, -0.2) is 7.05 Å². The normalized spacial score (nSPS) is 12.7. The molecule has 0 spiro atoms. The highest BCUT2D eigenvalue weighted by molar-refractivity contribution is 9.10. The van der Waals surface area contributed by atoms with Crippen molar-refractivity contribution in [2.75, 3.05) is 7.05 Å². The Bertz CT molecular complexity index is 465. The maximum Gasteiger partial charge on any atom is 0.0671 e. The summed E-state index contributed by atoms with van der Waals surface area (Å²) in [5, 5.41) is 5.50. The Labute approximate surface area is 109 Å². The van der Waals surface area contributed by atoms with Crippen LogP contribution in [0.4, 0.5) is 0 Å². The fraction of sp³-hybridized carbons (Fsp3) is 0.231. The van der Waals surface area contributed by atoms with E-state index in [1.165, 1.54) is 16.0 Å². The lowest BCUT2D eigenvalue weighted by Crippen LogP contribution is -2.17. The Hall–Kier alpha value is -0.640. The molecule has 1 unspecified atom stereocenters. The van der Waals surface area contributed by atoms with Crippen LogP contribution in [0.25, 0.3) is 0 Å². The Morgan fingerprint density at radius 1 is 1.31 bits per heavy atom. The largest absolute Gasteiger partial charge is 0.309 e. The first-order chi connectivity index (χ1) is 7.72. The van der Waals surface area contributed by atoms with Gasteiger partial charge in [-0.3, -0.25) is 0 Å². The molecule has 16 heavy (non-hydrogen) atoms. The molecule has 0 amide bonds. The van der Waals surface area contributed by atoms with Crippen LogP contribution in [0.5, 0.6) is 0 Å². The van der Waals surface area contributed by atoms with Crippen LogP contribution in [0, 0.1) is 6.92 Å². The quantitative estimate of drug-likeness (QED) is 0.898. The highest BCUT2D eigenvalue weighted by atomic mass is 79.9. The molecule has 1 aromatic heterocycles. The summed E-state index contributed by atoms with van der Waals surface area (Å²) in [5.74, 6) is 0. The van der Waals surface area contributed by atoms with E-state index in [9.17, 15) is 0 Å². The average Bonchev–Trinajstić information content (AvgIpc) is 2.75. The summed E-state index contributed by atoms with van der Waals surface area (Å²) >= 11 is 5.29. The van der Waals surface area contributed by atoms with E-state index in [1.54, 1.807) is 11.3 Å². The third kappa shape index (κ3) is 2.37. The van der Waals surface area contributed by atoms with E-state index in [1.807, 2.05) is 7.05 Å². The average molecular weight is 296 g/mol. The van der Waals surface area contributed by atoms with E-state index in [2.05, 4.69) is 63.9 Å². The van der Waals surface area contributed by atoms with Gasteiger partial charge in [0.25, 0.3) is 0 Å². The molecule has 1 nitrogen and oxygen atoms in total. The molecular formula is C13H14BrNS. The van der Waals surface area contributed by atoms with E-state index in [-0.39, 0.29) is 0 Å². The van der Waals surface area contributed by atoms with E-state index in [0.717, 1.165) is 4.47 Å². The molecule has 0 bridgehead atoms. The second-order valence-electron chi connectivity index (χ2n) is 3.74. The van der Waals surface area contributed by atoms with Gasteiger partial charge in [0.05, 0.1) is 6.04 Å². The number of hydrogen-bond donors (Lipinski definition) is 1. The van der Waals surface area contributed by atoms with E-state index in [0.29, 0.717) is 6.04 Å². The number of halogens is 1. The summed E-state index contributed by atoms with van der Waals surface area (Å²) in [4.78, 5) is 1.35. The van der Waals surface area contributed by atoms with Gasteiger partial charge in [-0.15, -0.1) is 11.3 Å². The van der Waals surface area contributed by atoms with Crippen LogP contribution >= 0.6 is 27.3 Å². The maximum atomic E-state index is 3.50. The van der Waals surface area contributed by atoms with E-state index >= 15 is 0 Å². The number of hydrogen-bond acceptors (Lipinski definition) is 2. The molecule has 1 heterocycles. The molecule has 3 heteroatoms. The predicted octanol–water partition coefficient (Wildman–Crippen LogP) is 4.13. The first-order valence-electron chi connectivity index (χ1n) is 5.19. The first-order valence-corrected chi connectivity index (χ1v) is 6.86. The highest BCUT2D eigenvalue weighted by Gasteiger charge is 2.14. The molecule has 0 aliphatic heterocycles. The second-order valence-corrected chi connectivity index (χ2v) is 5.63. The number of rotatable bonds is 3. The van der Waals surface area contributed by atoms with Crippen molar-refractivity contribution in [2.45, 2.75) is 13.0 Å². The lowest BCUT2D eigenvalue weighted by atomic mass is 10.0. The van der Waals surface area contributed by atoms with Crippen molar-refractivity contribution in [3.63, 3.8) is 0 Å². The third-order valence-electron chi connectivity index (χ3n) is 2.66. The van der Waals surface area contributed by atoms with Crippen molar-refractivity contribution in [1.82, 2.24) is 5.32 Å². The van der Waals surface area contributed by atoms with E-state index < -0.39 is 0 Å². The summed E-state index contributed by atoms with van der Waals surface area (Å²) < 4.78 is 1.13. The molecule has 1 atom stereocenters. The molecule has 0 aliphatic rings. The maximum absolute atomic E-state index is 3.50. The van der Waals surface area contributed by atoms with Crippen LogP contribution in [0.1, 0.15) is 22.0 Å². The smallest absolute Gasteiger partial charge is 0.0671 e. The first kappa shape index (κ1) is 11.8. The number of thiophene rings is 1. The Balaban J connectivity index is 2.41. The van der Waals surface area contributed by atoms with Gasteiger partial charge in [0.2, 0.25) is 0 Å². The topological polar surface area (TPSA) is 12.0 Å². The molecule has 0 fully saturated rings. The van der Waals surface area contributed by atoms with Crippen LogP contribution < -0.4 is 5.32 Å². The van der Waals surface area contributed by atoms with Gasteiger partial charge >= 0.3 is 0 Å². The van der Waals surface area contributed by atoms with Crippen LogP contribution in [0.2, 0.25) is 0 Å². The van der Waals surface area contributed by atoms with Gasteiger partial charge in [0.15, 0.2) is 0 Å². The van der Waals surface area contributed by atoms with Crippen LogP contribution in [0.3, 0.4) is 0 Å². The summed E-state index contributed by atoms with van der Waals surface area (Å²) in [6.07, 6.45) is 0. The molecule has 84 valence electrons. The van der Waals surface area contributed by atoms with Gasteiger partial charge in [-0.2, -0.15) is 0 Å². The minimum Gasteiger partial charge on any atom is -0.309 e. The third-order valence-corrected chi connectivity index (χ3v) is 4.09. The van der Waals surface area contributed by atoms with Gasteiger partial charge < -0.3 is 5.32 Å². The second kappa shape index (κ2) is 5.13. The zero-order valence-electron chi connectivity index (χ0n) is 9.33. The molecule has 1 aromatic carbocycles. The van der Waals surface area contributed by atoms with Gasteiger partial charge in [-0.25, -0.2) is 0 Å². The number of nitrogens with one attached hydrogen (secondary N) is 1. The van der Waals surface area contributed by atoms with Gasteiger partial charge in [-0.1, -0.05) is 28.1 Å². The predicted molar refractivity (Wildman–Crippen MR) is 74.1 cm³/mol. The molecule has 0 saturated heterocycles. The van der Waals surface area contributed by atoms with Crippen molar-refractivity contribution in [3.8, 4) is 0 Å². The van der Waals surface area contributed by atoms with Crippen LogP contribution in [0.15, 0.2) is 40.2 Å². The van der Waals surface area contributed by atoms with Gasteiger partial charge in [-0.05, 0) is 48.7 Å². The molecule has 0 radical (unpaired) electrons. The SMILES string of the molecule is CNC(c1cccs1)c1ccc(Br)cc1C. The number of benzene rings is 1. The van der Waals surface area contributed by atoms with E-state index in [4.69, 9.17) is 0 Å². The van der Waals surface area contributed by atoms with Crippen molar-refractivity contribution in [3.05, 3.63) is 56.2 Å². The Kier molecular flexibility index (Phi) is 3.79. The molecule has 0 saturated carbocycles. The Morgan fingerprint density at radius 3 is 2.69 bits per heavy atom. The van der Waals surface area contributed by atoms with Gasteiger partial charge in [0, 0.05) is 9.35 Å². The Morgan fingerprint density at radius 2 is 2.12 bits per heavy atom. The summed E-state index contributed by atoms with van der Waals surface area (Å²) in [6, 6.07) is 11.0. The minimum absolute atomic E-state index is 0.299. The van der Waals surface area contributed by atoms with Crippen molar-refractivity contribution in [2.24, 2.45) is 0 Å². The molecular weight excluding hydrogens is 282 g/mol. The lowest BCUT2D eigenvalue weighted by Gasteiger charge is -2.17. The molecule has 1 N–H and O–H groups in total. The highest BCUT2D eigenvalue weighted by Crippen LogP contribution is 2.29. The molecule has 2 rings (SSSR count). The lowest BCUT2D eigenvalue weighted by molar-refractivity contribution is 0.699. The zero-order valence-corrected chi connectivity index (χ0v) is 11.7. The van der Waals surface area contributed by atoms with Crippen molar-refractivity contribution >= 4 is 27.3 Å². The fourth-order valence-corrected chi connectivity index (χ4v) is 3.20. The van der Waals surface area contributed by atoms with Crippen molar-refractivity contribution in [1.29, 1.82) is 0 Å². The fourth-order valence-electron chi connectivity index (χ4n) is 1.87. The monoisotopic (exact) mass is 295 g/mol. The molecule has 0 aliphatic carbocycles. The zero-order chi connectivity index (χ0) is 11.5. The molecule has 2 aromatic rings. The standard InChI is InChI=1S/C13H14BrNS/c1-9-8-10(14)5-6-11(9)13(15-2)12-4-3-7-16-12/h3-8,13,15H,1-2H3. The van der Waals surface area contributed by atoms with Crippen molar-refractivity contribution < 1.29 is 0 Å². The summed E-state index contributed by atoms with van der Waals surface area (Å²) in [5.41, 5.74) is 2.65.